The Balaban J connectivity index is 1.74. The number of nitrogens with zero attached hydrogens (tertiary/aromatic N) is 1. The zero-order valence-electron chi connectivity index (χ0n) is 17.5. The molecule has 0 aromatic carbocycles. The summed E-state index contributed by atoms with van der Waals surface area (Å²) in [5.41, 5.74) is 0. The van der Waals surface area contributed by atoms with Crippen molar-refractivity contribution in [1.82, 2.24) is 4.90 Å². The third kappa shape index (κ3) is 14.6. The molecule has 0 bridgehead atoms. The molecular weight excluding hydrogens is 322 g/mol. The first kappa shape index (κ1) is 23.5. The average molecular weight is 368 g/mol. The van der Waals surface area contributed by atoms with Crippen molar-refractivity contribution >= 4 is 5.97 Å². The number of hydrogen-bond acceptors (Lipinski definition) is 2. The summed E-state index contributed by atoms with van der Waals surface area (Å²) in [4.78, 5) is 13.5. The largest absolute Gasteiger partial charge is 0.481 e. The second-order valence-electron chi connectivity index (χ2n) is 8.43. The molecule has 1 saturated heterocycles. The van der Waals surface area contributed by atoms with Crippen LogP contribution in [0.4, 0.5) is 0 Å². The highest BCUT2D eigenvalue weighted by atomic mass is 16.4. The molecule has 1 heterocycles. The zero-order valence-corrected chi connectivity index (χ0v) is 17.5. The quantitative estimate of drug-likeness (QED) is 0.193. The maximum absolute atomic E-state index is 11.2. The highest BCUT2D eigenvalue weighted by Crippen LogP contribution is 2.18. The van der Waals surface area contributed by atoms with Crippen LogP contribution in [-0.2, 0) is 4.79 Å². The molecule has 0 spiro atoms. The fourth-order valence-corrected chi connectivity index (χ4v) is 3.80. The molecule has 0 aromatic rings. The molecule has 1 aliphatic rings. The van der Waals surface area contributed by atoms with Gasteiger partial charge >= 0.3 is 5.97 Å². The van der Waals surface area contributed by atoms with Gasteiger partial charge in [-0.1, -0.05) is 110 Å². The zero-order chi connectivity index (χ0) is 18.9. The average Bonchev–Trinajstić information content (AvgIpc) is 3.44. The molecule has 1 rings (SSSR count). The van der Waals surface area contributed by atoms with Crippen molar-refractivity contribution in [3.05, 3.63) is 0 Å². The second-order valence-corrected chi connectivity index (χ2v) is 8.43. The van der Waals surface area contributed by atoms with Gasteiger partial charge in [0.05, 0.1) is 5.92 Å². The van der Waals surface area contributed by atoms with E-state index >= 15 is 0 Å². The van der Waals surface area contributed by atoms with Gasteiger partial charge in [0, 0.05) is 19.6 Å². The summed E-state index contributed by atoms with van der Waals surface area (Å²) < 4.78 is 0. The van der Waals surface area contributed by atoms with Crippen LogP contribution < -0.4 is 0 Å². The highest BCUT2D eigenvalue weighted by Gasteiger charge is 2.25. The Labute approximate surface area is 162 Å². The smallest absolute Gasteiger partial charge is 0.307 e. The van der Waals surface area contributed by atoms with Crippen LogP contribution in [-0.4, -0.2) is 35.6 Å². The summed E-state index contributed by atoms with van der Waals surface area (Å²) >= 11 is 0. The van der Waals surface area contributed by atoms with Crippen LogP contribution >= 0.6 is 0 Å². The van der Waals surface area contributed by atoms with E-state index in [0.29, 0.717) is 0 Å². The van der Waals surface area contributed by atoms with Crippen LogP contribution in [0.25, 0.3) is 0 Å². The first-order valence-electron chi connectivity index (χ1n) is 11.7. The lowest BCUT2D eigenvalue weighted by atomic mass is 9.99. The fraction of sp³-hybridized carbons (Fsp3) is 0.957. The Hall–Kier alpha value is -0.570. The predicted octanol–water partition coefficient (Wildman–Crippen LogP) is 6.65. The topological polar surface area (TPSA) is 40.3 Å². The number of unbranched alkanes of at least 4 members (excludes halogenated alkanes) is 15. The van der Waals surface area contributed by atoms with E-state index in [1.54, 1.807) is 0 Å². The van der Waals surface area contributed by atoms with Gasteiger partial charge in [-0.05, 0) is 6.42 Å². The van der Waals surface area contributed by atoms with Gasteiger partial charge in [0.15, 0.2) is 0 Å². The number of aliphatic carboxylic acids is 1. The van der Waals surface area contributed by atoms with E-state index in [9.17, 15) is 9.90 Å². The molecule has 0 saturated carbocycles. The summed E-state index contributed by atoms with van der Waals surface area (Å²) in [7, 11) is 0. The molecule has 0 amide bonds. The molecule has 0 aromatic heterocycles. The number of carbonyl (C=O) groups is 1. The van der Waals surface area contributed by atoms with Gasteiger partial charge < -0.3 is 5.11 Å². The van der Waals surface area contributed by atoms with Crippen molar-refractivity contribution in [3.8, 4) is 0 Å². The van der Waals surface area contributed by atoms with Crippen LogP contribution in [0, 0.1) is 5.92 Å². The van der Waals surface area contributed by atoms with Crippen molar-refractivity contribution in [2.24, 2.45) is 5.92 Å². The minimum absolute atomic E-state index is 0.135. The van der Waals surface area contributed by atoms with E-state index in [1.807, 2.05) is 0 Å². The molecule has 0 radical (unpaired) electrons. The summed E-state index contributed by atoms with van der Waals surface area (Å²) in [5.74, 6) is -0.734. The van der Waals surface area contributed by atoms with Crippen LogP contribution in [0.15, 0.2) is 0 Å². The fourth-order valence-electron chi connectivity index (χ4n) is 3.80. The van der Waals surface area contributed by atoms with Gasteiger partial charge in [-0.15, -0.1) is 0 Å². The van der Waals surface area contributed by atoms with Gasteiger partial charge in [-0.2, -0.15) is 0 Å². The van der Waals surface area contributed by atoms with Gasteiger partial charge in [-0.25, -0.2) is 0 Å². The van der Waals surface area contributed by atoms with Crippen molar-refractivity contribution in [2.45, 2.75) is 116 Å². The Bertz CT molecular complexity index is 328. The van der Waals surface area contributed by atoms with Crippen LogP contribution in [0.2, 0.25) is 0 Å². The second kappa shape index (κ2) is 16.6. The van der Waals surface area contributed by atoms with Gasteiger partial charge in [0.1, 0.15) is 0 Å². The van der Waals surface area contributed by atoms with E-state index in [1.165, 1.54) is 96.3 Å². The molecule has 154 valence electrons. The Morgan fingerprint density at radius 2 is 1.12 bits per heavy atom. The number of carboxylic acids is 1. The first-order chi connectivity index (χ1) is 12.7. The molecule has 1 unspecified atom stereocenters. The SMILES string of the molecule is CCCCCCCCCCCCCCCCCCC(CN1CC1)C(=O)O. The predicted molar refractivity (Wildman–Crippen MR) is 112 cm³/mol. The maximum Gasteiger partial charge on any atom is 0.307 e. The molecule has 1 aliphatic heterocycles. The Morgan fingerprint density at radius 3 is 1.46 bits per heavy atom. The molecule has 3 heteroatoms. The van der Waals surface area contributed by atoms with Gasteiger partial charge in [-0.3, -0.25) is 9.69 Å². The molecule has 26 heavy (non-hydrogen) atoms. The maximum atomic E-state index is 11.2. The minimum Gasteiger partial charge on any atom is -0.481 e. The number of rotatable bonds is 20. The number of carboxylic acid groups (broad SMARTS) is 1. The lowest BCUT2D eigenvalue weighted by Gasteiger charge is -2.12. The van der Waals surface area contributed by atoms with Crippen LogP contribution in [0.3, 0.4) is 0 Å². The minimum atomic E-state index is -0.599. The molecule has 1 atom stereocenters. The summed E-state index contributed by atoms with van der Waals surface area (Å²) in [6, 6.07) is 0. The van der Waals surface area contributed by atoms with Crippen molar-refractivity contribution in [3.63, 3.8) is 0 Å². The third-order valence-corrected chi connectivity index (χ3v) is 5.77. The van der Waals surface area contributed by atoms with Crippen LogP contribution in [0.5, 0.6) is 0 Å². The van der Waals surface area contributed by atoms with Gasteiger partial charge in [0.2, 0.25) is 0 Å². The van der Waals surface area contributed by atoms with E-state index < -0.39 is 5.97 Å². The monoisotopic (exact) mass is 367 g/mol. The normalized spacial score (nSPS) is 15.3. The van der Waals surface area contributed by atoms with Crippen LogP contribution in [0.1, 0.15) is 116 Å². The molecule has 1 N–H and O–H groups in total. The number of hydrogen-bond donors (Lipinski definition) is 1. The molecule has 0 aliphatic carbocycles. The van der Waals surface area contributed by atoms with E-state index in [2.05, 4.69) is 11.8 Å². The van der Waals surface area contributed by atoms with Crippen molar-refractivity contribution < 1.29 is 9.90 Å². The highest BCUT2D eigenvalue weighted by molar-refractivity contribution is 5.70. The third-order valence-electron chi connectivity index (χ3n) is 5.77. The molecule has 3 nitrogen and oxygen atoms in total. The lowest BCUT2D eigenvalue weighted by molar-refractivity contribution is -0.142. The van der Waals surface area contributed by atoms with Crippen molar-refractivity contribution in [2.75, 3.05) is 19.6 Å². The van der Waals surface area contributed by atoms with E-state index in [4.69, 9.17) is 0 Å². The lowest BCUT2D eigenvalue weighted by Crippen LogP contribution is -2.22. The summed E-state index contributed by atoms with van der Waals surface area (Å²) in [5, 5.41) is 9.25. The summed E-state index contributed by atoms with van der Waals surface area (Å²) in [6.07, 6.45) is 22.8. The first-order valence-corrected chi connectivity index (χ1v) is 11.7. The Kier molecular flexibility index (Phi) is 15.0. The summed E-state index contributed by atoms with van der Waals surface area (Å²) in [6.45, 7) is 5.25. The molecular formula is C23H45NO2. The van der Waals surface area contributed by atoms with E-state index in [-0.39, 0.29) is 5.92 Å². The Morgan fingerprint density at radius 1 is 0.731 bits per heavy atom. The standard InChI is InChI=1S/C23H45NO2/c1-2-3-4-5-6-7-8-9-10-11-12-13-14-15-16-17-18-22(23(25)26)21-24-19-20-24/h22H,2-21H2,1H3,(H,25,26). The van der Waals surface area contributed by atoms with E-state index in [0.717, 1.165) is 32.5 Å². The van der Waals surface area contributed by atoms with Crippen molar-refractivity contribution in [1.29, 1.82) is 0 Å². The van der Waals surface area contributed by atoms with Gasteiger partial charge in [0.25, 0.3) is 0 Å². The molecule has 1 fully saturated rings.